The molecule has 0 aromatic carbocycles. The molecule has 0 saturated carbocycles. The van der Waals surface area contributed by atoms with Crippen LogP contribution in [0.1, 0.15) is 26.2 Å². The number of sulfone groups is 1. The zero-order chi connectivity index (χ0) is 11.6. The maximum absolute atomic E-state index is 11.4. The van der Waals surface area contributed by atoms with Gasteiger partial charge in [-0.15, -0.1) is 0 Å². The van der Waals surface area contributed by atoms with Gasteiger partial charge in [-0.3, -0.25) is 4.90 Å². The lowest BCUT2D eigenvalue weighted by molar-refractivity contribution is 0.216. The monoisotopic (exact) mass is 246 g/mol. The third-order valence-electron chi connectivity index (χ3n) is 3.74. The molecular weight excluding hydrogens is 224 g/mol. The van der Waals surface area contributed by atoms with Gasteiger partial charge in [0.25, 0.3) is 0 Å². The van der Waals surface area contributed by atoms with Crippen molar-refractivity contribution < 1.29 is 8.42 Å². The summed E-state index contributed by atoms with van der Waals surface area (Å²) in [6.07, 6.45) is 3.72. The van der Waals surface area contributed by atoms with E-state index < -0.39 is 9.84 Å². The highest BCUT2D eigenvalue weighted by Gasteiger charge is 2.28. The van der Waals surface area contributed by atoms with Gasteiger partial charge in [0.05, 0.1) is 11.5 Å². The first-order valence-corrected chi connectivity index (χ1v) is 8.07. The molecule has 0 aromatic heterocycles. The molecule has 0 radical (unpaired) electrons. The van der Waals surface area contributed by atoms with Crippen molar-refractivity contribution in [3.05, 3.63) is 0 Å². The van der Waals surface area contributed by atoms with E-state index in [1.165, 1.54) is 12.8 Å². The second-order valence-corrected chi connectivity index (χ2v) is 7.31. The molecule has 94 valence electrons. The molecule has 2 unspecified atom stereocenters. The van der Waals surface area contributed by atoms with Gasteiger partial charge < -0.3 is 5.32 Å². The van der Waals surface area contributed by atoms with Gasteiger partial charge in [-0.2, -0.15) is 0 Å². The Bertz CT molecular complexity index is 323. The summed E-state index contributed by atoms with van der Waals surface area (Å²) in [6.45, 7) is 4.93. The van der Waals surface area contributed by atoms with Crippen molar-refractivity contribution >= 4 is 9.84 Å². The fourth-order valence-electron chi connectivity index (χ4n) is 2.69. The number of rotatable bonds is 3. The first-order valence-electron chi connectivity index (χ1n) is 6.25. The smallest absolute Gasteiger partial charge is 0.153 e. The van der Waals surface area contributed by atoms with Crippen molar-refractivity contribution in [1.29, 1.82) is 0 Å². The Morgan fingerprint density at radius 1 is 1.44 bits per heavy atom. The van der Waals surface area contributed by atoms with Gasteiger partial charge in [-0.25, -0.2) is 8.42 Å². The Morgan fingerprint density at radius 3 is 2.88 bits per heavy atom. The first kappa shape index (κ1) is 12.3. The summed E-state index contributed by atoms with van der Waals surface area (Å²) < 4.78 is 22.9. The fraction of sp³-hybridized carbons (Fsp3) is 1.00. The fourth-order valence-corrected chi connectivity index (χ4v) is 4.32. The van der Waals surface area contributed by atoms with E-state index in [4.69, 9.17) is 0 Å². The topological polar surface area (TPSA) is 49.4 Å². The highest BCUT2D eigenvalue weighted by molar-refractivity contribution is 7.91. The van der Waals surface area contributed by atoms with Gasteiger partial charge >= 0.3 is 0 Å². The lowest BCUT2D eigenvalue weighted by atomic mass is 10.1. The van der Waals surface area contributed by atoms with Crippen LogP contribution in [0.3, 0.4) is 0 Å². The Hall–Kier alpha value is -0.130. The molecular formula is C11H22N2O2S. The second-order valence-electron chi connectivity index (χ2n) is 5.08. The van der Waals surface area contributed by atoms with Crippen LogP contribution in [-0.4, -0.2) is 56.5 Å². The Morgan fingerprint density at radius 2 is 2.25 bits per heavy atom. The van der Waals surface area contributed by atoms with Crippen LogP contribution < -0.4 is 5.32 Å². The standard InChI is InChI=1S/C11H22N2O2S/c1-10-9-16(14,15)8-7-13(10)6-4-11-3-2-5-12-11/h10-12H,2-9H2,1H3. The van der Waals surface area contributed by atoms with Crippen LogP contribution in [0.4, 0.5) is 0 Å². The predicted molar refractivity (Wildman–Crippen MR) is 65.3 cm³/mol. The largest absolute Gasteiger partial charge is 0.314 e. The highest BCUT2D eigenvalue weighted by Crippen LogP contribution is 2.14. The van der Waals surface area contributed by atoms with E-state index in [1.807, 2.05) is 6.92 Å². The minimum Gasteiger partial charge on any atom is -0.314 e. The molecule has 2 fully saturated rings. The van der Waals surface area contributed by atoms with Crippen molar-refractivity contribution in [3.63, 3.8) is 0 Å². The van der Waals surface area contributed by atoms with Crippen LogP contribution >= 0.6 is 0 Å². The van der Waals surface area contributed by atoms with E-state index >= 15 is 0 Å². The maximum Gasteiger partial charge on any atom is 0.153 e. The number of nitrogens with zero attached hydrogens (tertiary/aromatic N) is 1. The normalized spacial score (nSPS) is 35.3. The zero-order valence-electron chi connectivity index (χ0n) is 9.98. The van der Waals surface area contributed by atoms with E-state index in [0.717, 1.165) is 26.1 Å². The quantitative estimate of drug-likeness (QED) is 0.775. The molecule has 16 heavy (non-hydrogen) atoms. The Kier molecular flexibility index (Phi) is 3.87. The summed E-state index contributed by atoms with van der Waals surface area (Å²) in [5.74, 6) is 0.681. The average Bonchev–Trinajstić information content (AvgIpc) is 2.68. The van der Waals surface area contributed by atoms with Crippen molar-refractivity contribution in [2.24, 2.45) is 0 Å². The maximum atomic E-state index is 11.4. The molecule has 0 aromatic rings. The highest BCUT2D eigenvalue weighted by atomic mass is 32.2. The van der Waals surface area contributed by atoms with Crippen LogP contribution in [0, 0.1) is 0 Å². The van der Waals surface area contributed by atoms with Gasteiger partial charge in [0.2, 0.25) is 0 Å². The minimum atomic E-state index is -2.76. The van der Waals surface area contributed by atoms with Crippen LogP contribution in [0.15, 0.2) is 0 Å². The van der Waals surface area contributed by atoms with E-state index in [1.54, 1.807) is 0 Å². The van der Waals surface area contributed by atoms with Gasteiger partial charge in [-0.1, -0.05) is 0 Å². The SMILES string of the molecule is CC1CS(=O)(=O)CCN1CCC1CCCN1. The summed E-state index contributed by atoms with van der Waals surface area (Å²) >= 11 is 0. The summed E-state index contributed by atoms with van der Waals surface area (Å²) in [5.41, 5.74) is 0. The predicted octanol–water partition coefficient (Wildman–Crippen LogP) is 0.247. The van der Waals surface area contributed by atoms with E-state index in [0.29, 0.717) is 17.5 Å². The molecule has 0 aliphatic carbocycles. The molecule has 1 N–H and O–H groups in total. The zero-order valence-corrected chi connectivity index (χ0v) is 10.8. The lowest BCUT2D eigenvalue weighted by Gasteiger charge is -2.33. The molecule has 2 aliphatic rings. The summed E-state index contributed by atoms with van der Waals surface area (Å²) in [4.78, 5) is 2.32. The average molecular weight is 246 g/mol. The van der Waals surface area contributed by atoms with Crippen molar-refractivity contribution in [1.82, 2.24) is 10.2 Å². The molecule has 2 heterocycles. The van der Waals surface area contributed by atoms with Crippen molar-refractivity contribution in [2.75, 3.05) is 31.1 Å². The molecule has 4 nitrogen and oxygen atoms in total. The molecule has 2 aliphatic heterocycles. The molecule has 0 spiro atoms. The minimum absolute atomic E-state index is 0.195. The third-order valence-corrected chi connectivity index (χ3v) is 5.53. The van der Waals surface area contributed by atoms with E-state index in [2.05, 4.69) is 10.2 Å². The third kappa shape index (κ3) is 3.18. The Balaban J connectivity index is 1.77. The Labute approximate surface area is 98.3 Å². The summed E-state index contributed by atoms with van der Waals surface area (Å²) in [5, 5.41) is 3.48. The van der Waals surface area contributed by atoms with Gasteiger partial charge in [0.15, 0.2) is 9.84 Å². The molecule has 2 atom stereocenters. The van der Waals surface area contributed by atoms with E-state index in [9.17, 15) is 8.42 Å². The lowest BCUT2D eigenvalue weighted by Crippen LogP contribution is -2.47. The van der Waals surface area contributed by atoms with E-state index in [-0.39, 0.29) is 6.04 Å². The molecule has 5 heteroatoms. The van der Waals surface area contributed by atoms with Crippen molar-refractivity contribution in [2.45, 2.75) is 38.3 Å². The number of hydrogen-bond donors (Lipinski definition) is 1. The summed E-state index contributed by atoms with van der Waals surface area (Å²) in [6, 6.07) is 0.853. The molecule has 2 rings (SSSR count). The molecule has 0 amide bonds. The second kappa shape index (κ2) is 5.02. The van der Waals surface area contributed by atoms with Gasteiger partial charge in [0.1, 0.15) is 0 Å². The van der Waals surface area contributed by atoms with Gasteiger partial charge in [0, 0.05) is 18.6 Å². The first-order chi connectivity index (χ1) is 7.57. The van der Waals surface area contributed by atoms with Crippen LogP contribution in [0.25, 0.3) is 0 Å². The van der Waals surface area contributed by atoms with Crippen LogP contribution in [0.5, 0.6) is 0 Å². The van der Waals surface area contributed by atoms with Crippen LogP contribution in [0.2, 0.25) is 0 Å². The molecule has 0 bridgehead atoms. The number of nitrogens with one attached hydrogen (secondary N) is 1. The van der Waals surface area contributed by atoms with Gasteiger partial charge in [-0.05, 0) is 39.3 Å². The van der Waals surface area contributed by atoms with Crippen molar-refractivity contribution in [3.8, 4) is 0 Å². The molecule has 2 saturated heterocycles. The number of hydrogen-bond acceptors (Lipinski definition) is 4. The van der Waals surface area contributed by atoms with Crippen LogP contribution in [-0.2, 0) is 9.84 Å². The summed E-state index contributed by atoms with van der Waals surface area (Å²) in [7, 11) is -2.76.